The van der Waals surface area contributed by atoms with Crippen LogP contribution in [0, 0.1) is 6.92 Å². The fraction of sp³-hybridized carbons (Fsp3) is 0.167. The molecular formula is C18H16BrN3O3. The van der Waals surface area contributed by atoms with Crippen molar-refractivity contribution in [2.24, 2.45) is 0 Å². The Morgan fingerprint density at radius 1 is 1.32 bits per heavy atom. The largest absolute Gasteiger partial charge is 0.496 e. The van der Waals surface area contributed by atoms with E-state index in [1.165, 1.54) is 4.40 Å². The van der Waals surface area contributed by atoms with Crippen molar-refractivity contribution in [3.05, 3.63) is 74.2 Å². The molecular weight excluding hydrogens is 386 g/mol. The standard InChI is InChI=1S/C18H16BrN3O3/c1-11-16(18(24)22-8-4-3-5-15(22)21-11)17(23)20-10-12-9-13(19)6-7-14(12)25-2/h3-9H,10H2,1-2H3,(H,20,23). The summed E-state index contributed by atoms with van der Waals surface area (Å²) >= 11 is 3.40. The lowest BCUT2D eigenvalue weighted by molar-refractivity contribution is 0.0948. The third kappa shape index (κ3) is 3.41. The van der Waals surface area contributed by atoms with Crippen LogP contribution in [-0.4, -0.2) is 22.4 Å². The predicted octanol–water partition coefficient (Wildman–Crippen LogP) is 2.70. The van der Waals surface area contributed by atoms with Crippen LogP contribution in [0.5, 0.6) is 5.75 Å². The van der Waals surface area contributed by atoms with Crippen LogP contribution in [0.2, 0.25) is 0 Å². The maximum Gasteiger partial charge on any atom is 0.270 e. The summed E-state index contributed by atoms with van der Waals surface area (Å²) in [7, 11) is 1.57. The topological polar surface area (TPSA) is 72.7 Å². The van der Waals surface area contributed by atoms with E-state index in [4.69, 9.17) is 4.74 Å². The number of benzene rings is 1. The van der Waals surface area contributed by atoms with E-state index in [0.717, 1.165) is 10.0 Å². The summed E-state index contributed by atoms with van der Waals surface area (Å²) in [5.41, 5.74) is 1.36. The molecule has 0 aliphatic carbocycles. The molecule has 0 fully saturated rings. The monoisotopic (exact) mass is 401 g/mol. The first kappa shape index (κ1) is 17.2. The van der Waals surface area contributed by atoms with Gasteiger partial charge in [0, 0.05) is 22.8 Å². The van der Waals surface area contributed by atoms with Crippen LogP contribution in [0.4, 0.5) is 0 Å². The molecule has 128 valence electrons. The molecule has 1 N–H and O–H groups in total. The first-order valence-corrected chi connectivity index (χ1v) is 8.39. The fourth-order valence-corrected chi connectivity index (χ4v) is 3.02. The van der Waals surface area contributed by atoms with Crippen molar-refractivity contribution in [3.63, 3.8) is 0 Å². The zero-order valence-corrected chi connectivity index (χ0v) is 15.3. The molecule has 0 atom stereocenters. The van der Waals surface area contributed by atoms with E-state index in [0.29, 0.717) is 17.1 Å². The number of nitrogens with one attached hydrogen (secondary N) is 1. The highest BCUT2D eigenvalue weighted by atomic mass is 79.9. The zero-order chi connectivity index (χ0) is 18.0. The van der Waals surface area contributed by atoms with Crippen LogP contribution < -0.4 is 15.6 Å². The van der Waals surface area contributed by atoms with Crippen LogP contribution in [0.3, 0.4) is 0 Å². The highest BCUT2D eigenvalue weighted by Crippen LogP contribution is 2.22. The highest BCUT2D eigenvalue weighted by Gasteiger charge is 2.17. The van der Waals surface area contributed by atoms with E-state index in [9.17, 15) is 9.59 Å². The van der Waals surface area contributed by atoms with Gasteiger partial charge < -0.3 is 10.1 Å². The van der Waals surface area contributed by atoms with Crippen molar-refractivity contribution >= 4 is 27.5 Å². The Morgan fingerprint density at radius 2 is 2.12 bits per heavy atom. The Balaban J connectivity index is 1.91. The summed E-state index contributed by atoms with van der Waals surface area (Å²) in [5, 5.41) is 2.77. The number of amides is 1. The number of ether oxygens (including phenoxy) is 1. The molecule has 0 saturated carbocycles. The second kappa shape index (κ2) is 7.06. The molecule has 25 heavy (non-hydrogen) atoms. The lowest BCUT2D eigenvalue weighted by Gasteiger charge is -2.11. The Labute approximate surface area is 152 Å². The van der Waals surface area contributed by atoms with Gasteiger partial charge in [0.25, 0.3) is 11.5 Å². The van der Waals surface area contributed by atoms with Crippen LogP contribution in [-0.2, 0) is 6.54 Å². The van der Waals surface area contributed by atoms with Crippen LogP contribution in [0.25, 0.3) is 5.65 Å². The Kier molecular flexibility index (Phi) is 4.85. The summed E-state index contributed by atoms with van der Waals surface area (Å²) in [4.78, 5) is 29.5. The molecule has 0 saturated heterocycles. The second-order valence-corrected chi connectivity index (χ2v) is 6.36. The molecule has 1 amide bonds. The molecule has 2 aromatic heterocycles. The minimum Gasteiger partial charge on any atom is -0.496 e. The van der Waals surface area contributed by atoms with Crippen molar-refractivity contribution in [3.8, 4) is 5.75 Å². The SMILES string of the molecule is COc1ccc(Br)cc1CNC(=O)c1c(C)nc2ccccn2c1=O. The van der Waals surface area contributed by atoms with Crippen molar-refractivity contribution < 1.29 is 9.53 Å². The lowest BCUT2D eigenvalue weighted by atomic mass is 10.1. The van der Waals surface area contributed by atoms with Gasteiger partial charge >= 0.3 is 0 Å². The molecule has 1 aromatic carbocycles. The molecule has 0 unspecified atom stereocenters. The van der Waals surface area contributed by atoms with Gasteiger partial charge in [-0.25, -0.2) is 4.98 Å². The summed E-state index contributed by atoms with van der Waals surface area (Å²) < 4.78 is 7.53. The molecule has 0 radical (unpaired) electrons. The third-order valence-corrected chi connectivity index (χ3v) is 4.32. The highest BCUT2D eigenvalue weighted by molar-refractivity contribution is 9.10. The number of aromatic nitrogens is 2. The van der Waals surface area contributed by atoms with Gasteiger partial charge in [0.05, 0.1) is 12.8 Å². The average molecular weight is 402 g/mol. The summed E-state index contributed by atoms with van der Waals surface area (Å²) in [6.45, 7) is 1.89. The molecule has 2 heterocycles. The van der Waals surface area contributed by atoms with E-state index in [2.05, 4.69) is 26.2 Å². The normalized spacial score (nSPS) is 10.7. The Hall–Kier alpha value is -2.67. The van der Waals surface area contributed by atoms with Gasteiger partial charge in [-0.2, -0.15) is 0 Å². The molecule has 7 heteroatoms. The average Bonchev–Trinajstić information content (AvgIpc) is 2.60. The van der Waals surface area contributed by atoms with Gasteiger partial charge in [-0.05, 0) is 37.3 Å². The number of fused-ring (bicyclic) bond motifs is 1. The van der Waals surface area contributed by atoms with Gasteiger partial charge in [0.1, 0.15) is 17.0 Å². The van der Waals surface area contributed by atoms with Crippen molar-refractivity contribution in [1.82, 2.24) is 14.7 Å². The van der Waals surface area contributed by atoms with Gasteiger partial charge in [0.2, 0.25) is 0 Å². The fourth-order valence-electron chi connectivity index (χ4n) is 2.61. The van der Waals surface area contributed by atoms with E-state index in [1.807, 2.05) is 18.2 Å². The smallest absolute Gasteiger partial charge is 0.270 e. The Bertz CT molecular complexity index is 1010. The number of aryl methyl sites for hydroxylation is 1. The molecule has 3 rings (SSSR count). The predicted molar refractivity (Wildman–Crippen MR) is 98.1 cm³/mol. The molecule has 0 bridgehead atoms. The maximum atomic E-state index is 12.6. The minimum absolute atomic E-state index is 0.0395. The number of carbonyl (C=O) groups excluding carboxylic acids is 1. The lowest BCUT2D eigenvalue weighted by Crippen LogP contribution is -2.32. The van der Waals surface area contributed by atoms with Crippen molar-refractivity contribution in [1.29, 1.82) is 0 Å². The van der Waals surface area contributed by atoms with Gasteiger partial charge in [-0.15, -0.1) is 0 Å². The van der Waals surface area contributed by atoms with E-state index in [1.54, 1.807) is 38.4 Å². The quantitative estimate of drug-likeness (QED) is 0.729. The number of pyridine rings is 1. The number of nitrogens with zero attached hydrogens (tertiary/aromatic N) is 2. The number of hydrogen-bond acceptors (Lipinski definition) is 4. The number of rotatable bonds is 4. The van der Waals surface area contributed by atoms with Crippen molar-refractivity contribution in [2.75, 3.05) is 7.11 Å². The molecule has 0 aliphatic rings. The van der Waals surface area contributed by atoms with Gasteiger partial charge in [0.15, 0.2) is 0 Å². The number of hydrogen-bond donors (Lipinski definition) is 1. The molecule has 0 spiro atoms. The molecule has 0 aliphatic heterocycles. The summed E-state index contributed by atoms with van der Waals surface area (Å²) in [6.07, 6.45) is 1.60. The van der Waals surface area contributed by atoms with E-state index >= 15 is 0 Å². The number of methoxy groups -OCH3 is 1. The zero-order valence-electron chi connectivity index (χ0n) is 13.7. The van der Waals surface area contributed by atoms with Gasteiger partial charge in [-0.1, -0.05) is 22.0 Å². The maximum absolute atomic E-state index is 12.6. The van der Waals surface area contributed by atoms with Crippen LogP contribution in [0.15, 0.2) is 51.9 Å². The third-order valence-electron chi connectivity index (χ3n) is 3.82. The van der Waals surface area contributed by atoms with Gasteiger partial charge in [-0.3, -0.25) is 14.0 Å². The molecule has 3 aromatic rings. The summed E-state index contributed by atoms with van der Waals surface area (Å²) in [6, 6.07) is 10.8. The Morgan fingerprint density at radius 3 is 2.88 bits per heavy atom. The first-order valence-electron chi connectivity index (χ1n) is 7.60. The van der Waals surface area contributed by atoms with Crippen molar-refractivity contribution in [2.45, 2.75) is 13.5 Å². The first-order chi connectivity index (χ1) is 12.0. The number of carbonyl (C=O) groups is 1. The van der Waals surface area contributed by atoms with E-state index in [-0.39, 0.29) is 17.7 Å². The van der Waals surface area contributed by atoms with Crippen LogP contribution >= 0.6 is 15.9 Å². The minimum atomic E-state index is -0.463. The second-order valence-electron chi connectivity index (χ2n) is 5.45. The molecule has 6 nitrogen and oxygen atoms in total. The van der Waals surface area contributed by atoms with E-state index < -0.39 is 5.91 Å². The van der Waals surface area contributed by atoms with Crippen LogP contribution in [0.1, 0.15) is 21.6 Å². The number of halogens is 1. The summed E-state index contributed by atoms with van der Waals surface area (Å²) in [5.74, 6) is 0.198.